The number of carbonyl (C=O) groups excluding carboxylic acids is 1. The second kappa shape index (κ2) is 15.3. The summed E-state index contributed by atoms with van der Waals surface area (Å²) in [6.07, 6.45) is 6.06. The number of nitrogens with one attached hydrogen (secondary N) is 4. The Morgan fingerprint density at radius 3 is 2.07 bits per heavy atom. The van der Waals surface area contributed by atoms with Gasteiger partial charge in [0, 0.05) is 31.2 Å². The molecule has 10 nitrogen and oxygen atoms in total. The molecule has 1 heterocycles. The molecule has 218 valence electrons. The molecule has 3 aromatic rings. The number of hydrogen-bond acceptors (Lipinski definition) is 9. The van der Waals surface area contributed by atoms with E-state index in [1.807, 2.05) is 24.3 Å². The Kier molecular flexibility index (Phi) is 10.7. The average Bonchev–Trinajstić information content (AvgIpc) is 3.63. The number of hydrogen-bond donors (Lipinski definition) is 4. The van der Waals surface area contributed by atoms with Crippen LogP contribution in [0.15, 0.2) is 60.7 Å². The number of anilines is 3. The molecule has 10 heteroatoms. The zero-order valence-electron chi connectivity index (χ0n) is 23.6. The van der Waals surface area contributed by atoms with Crippen LogP contribution in [0.2, 0.25) is 0 Å². The zero-order valence-corrected chi connectivity index (χ0v) is 23.6. The Morgan fingerprint density at radius 1 is 0.732 bits per heavy atom. The number of carbonyl (C=O) groups is 1. The molecule has 0 saturated heterocycles. The third kappa shape index (κ3) is 9.12. The molecule has 0 radical (unpaired) electrons. The van der Waals surface area contributed by atoms with Gasteiger partial charge in [-0.25, -0.2) is 0 Å². The van der Waals surface area contributed by atoms with Gasteiger partial charge < -0.3 is 30.7 Å². The first-order valence-electron chi connectivity index (χ1n) is 14.8. The SMILES string of the molecule is O=C(NCCOCCOCCNc1nc(NCCc2ccccc2)nc(NC2CC3CCC2C3)n1)c1ccccc1. The summed E-state index contributed by atoms with van der Waals surface area (Å²) in [6.45, 7) is 3.60. The van der Waals surface area contributed by atoms with Crippen LogP contribution in [0.3, 0.4) is 0 Å². The Hall–Kier alpha value is -3.76. The standard InChI is InChI=1S/C31H41N7O3/c39-28(25-9-5-2-6-10-25)32-15-17-40-19-20-41-18-16-34-30-36-29(33-14-13-23-7-3-1-4-8-23)37-31(38-30)35-27-22-24-11-12-26(27)21-24/h1-10,24,26-27H,11-22H2,(H,32,39)(H3,33,34,35,36,37,38). The summed E-state index contributed by atoms with van der Waals surface area (Å²) in [7, 11) is 0. The van der Waals surface area contributed by atoms with Gasteiger partial charge in [-0.3, -0.25) is 4.79 Å². The monoisotopic (exact) mass is 559 g/mol. The fourth-order valence-electron chi connectivity index (χ4n) is 5.63. The molecule has 41 heavy (non-hydrogen) atoms. The number of ether oxygens (including phenoxy) is 2. The van der Waals surface area contributed by atoms with Gasteiger partial charge in [0.15, 0.2) is 0 Å². The van der Waals surface area contributed by atoms with E-state index in [0.29, 0.717) is 69.0 Å². The highest BCUT2D eigenvalue weighted by Gasteiger charge is 2.39. The highest BCUT2D eigenvalue weighted by atomic mass is 16.5. The highest BCUT2D eigenvalue weighted by Crippen LogP contribution is 2.45. The Labute approximate surface area is 242 Å². The molecule has 2 bridgehead atoms. The smallest absolute Gasteiger partial charge is 0.251 e. The van der Waals surface area contributed by atoms with E-state index in [4.69, 9.17) is 9.47 Å². The van der Waals surface area contributed by atoms with Crippen LogP contribution in [0.1, 0.15) is 41.6 Å². The van der Waals surface area contributed by atoms with Gasteiger partial charge in [0.2, 0.25) is 17.8 Å². The number of nitrogens with zero attached hydrogens (tertiary/aromatic N) is 3. The maximum Gasteiger partial charge on any atom is 0.251 e. The Bertz CT molecular complexity index is 1210. The molecular formula is C31H41N7O3. The van der Waals surface area contributed by atoms with Crippen LogP contribution in [0.4, 0.5) is 17.8 Å². The van der Waals surface area contributed by atoms with Crippen LogP contribution in [0, 0.1) is 11.8 Å². The van der Waals surface area contributed by atoms with E-state index in [1.165, 1.54) is 31.2 Å². The van der Waals surface area contributed by atoms with Crippen LogP contribution < -0.4 is 21.3 Å². The van der Waals surface area contributed by atoms with E-state index in [1.54, 1.807) is 12.1 Å². The van der Waals surface area contributed by atoms with Gasteiger partial charge in [0.05, 0.1) is 26.4 Å². The van der Waals surface area contributed by atoms with Crippen molar-refractivity contribution in [3.63, 3.8) is 0 Å². The number of benzene rings is 2. The third-order valence-corrected chi connectivity index (χ3v) is 7.70. The lowest BCUT2D eigenvalue weighted by atomic mass is 9.95. The van der Waals surface area contributed by atoms with Gasteiger partial charge in [-0.2, -0.15) is 15.0 Å². The van der Waals surface area contributed by atoms with Gasteiger partial charge in [-0.05, 0) is 55.2 Å². The lowest BCUT2D eigenvalue weighted by Gasteiger charge is -2.23. The van der Waals surface area contributed by atoms with E-state index in [9.17, 15) is 4.79 Å². The third-order valence-electron chi connectivity index (χ3n) is 7.70. The number of amides is 1. The molecular weight excluding hydrogens is 518 g/mol. The molecule has 3 unspecified atom stereocenters. The van der Waals surface area contributed by atoms with Crippen molar-refractivity contribution in [3.8, 4) is 0 Å². The fraction of sp³-hybridized carbons (Fsp3) is 0.484. The molecule has 2 saturated carbocycles. The molecule has 4 N–H and O–H groups in total. The van der Waals surface area contributed by atoms with Crippen molar-refractivity contribution in [1.29, 1.82) is 0 Å². The molecule has 2 fully saturated rings. The molecule has 1 amide bonds. The molecule has 2 aliphatic carbocycles. The molecule has 2 aliphatic rings. The maximum absolute atomic E-state index is 12.0. The van der Waals surface area contributed by atoms with Gasteiger partial charge in [0.1, 0.15) is 0 Å². The summed E-state index contributed by atoms with van der Waals surface area (Å²) in [5.74, 6) is 3.18. The molecule has 2 aromatic carbocycles. The van der Waals surface area contributed by atoms with Crippen molar-refractivity contribution in [2.45, 2.75) is 38.1 Å². The molecule has 1 aromatic heterocycles. The first-order valence-corrected chi connectivity index (χ1v) is 14.8. The minimum Gasteiger partial charge on any atom is -0.377 e. The van der Waals surface area contributed by atoms with Crippen LogP contribution >= 0.6 is 0 Å². The molecule has 0 spiro atoms. The van der Waals surface area contributed by atoms with Crippen LogP contribution in [-0.2, 0) is 15.9 Å². The van der Waals surface area contributed by atoms with E-state index in [0.717, 1.165) is 24.8 Å². The summed E-state index contributed by atoms with van der Waals surface area (Å²) in [4.78, 5) is 25.9. The van der Waals surface area contributed by atoms with Crippen LogP contribution in [0.5, 0.6) is 0 Å². The average molecular weight is 560 g/mol. The Morgan fingerprint density at radius 2 is 1.39 bits per heavy atom. The van der Waals surface area contributed by atoms with E-state index >= 15 is 0 Å². The first kappa shape index (κ1) is 28.8. The first-order chi connectivity index (χ1) is 20.2. The highest BCUT2D eigenvalue weighted by molar-refractivity contribution is 5.94. The van der Waals surface area contributed by atoms with E-state index in [2.05, 4.69) is 60.5 Å². The largest absolute Gasteiger partial charge is 0.377 e. The second-order valence-corrected chi connectivity index (χ2v) is 10.7. The van der Waals surface area contributed by atoms with Gasteiger partial charge in [0.25, 0.3) is 5.91 Å². The van der Waals surface area contributed by atoms with Crippen LogP contribution in [-0.4, -0.2) is 73.0 Å². The van der Waals surface area contributed by atoms with E-state index < -0.39 is 0 Å². The van der Waals surface area contributed by atoms with Gasteiger partial charge in [-0.1, -0.05) is 55.0 Å². The van der Waals surface area contributed by atoms with Gasteiger partial charge in [-0.15, -0.1) is 0 Å². The van der Waals surface area contributed by atoms with Gasteiger partial charge >= 0.3 is 0 Å². The number of fused-ring (bicyclic) bond motifs is 2. The predicted octanol–water partition coefficient (Wildman–Crippen LogP) is 4.00. The lowest BCUT2D eigenvalue weighted by Crippen LogP contribution is -2.27. The van der Waals surface area contributed by atoms with Crippen molar-refractivity contribution in [3.05, 3.63) is 71.8 Å². The molecule has 5 rings (SSSR count). The minimum absolute atomic E-state index is 0.0989. The summed E-state index contributed by atoms with van der Waals surface area (Å²) < 4.78 is 11.3. The summed E-state index contributed by atoms with van der Waals surface area (Å²) >= 11 is 0. The quantitative estimate of drug-likeness (QED) is 0.182. The van der Waals surface area contributed by atoms with Crippen molar-refractivity contribution in [2.75, 3.05) is 62.0 Å². The predicted molar refractivity (Wildman–Crippen MR) is 160 cm³/mol. The number of aromatic nitrogens is 3. The topological polar surface area (TPSA) is 122 Å². The lowest BCUT2D eigenvalue weighted by molar-refractivity contribution is 0.0519. The fourth-order valence-corrected chi connectivity index (χ4v) is 5.63. The maximum atomic E-state index is 12.0. The van der Waals surface area contributed by atoms with E-state index in [-0.39, 0.29) is 5.91 Å². The Balaban J connectivity index is 1.01. The van der Waals surface area contributed by atoms with Crippen molar-refractivity contribution in [1.82, 2.24) is 20.3 Å². The normalized spacial score (nSPS) is 19.2. The minimum atomic E-state index is -0.0989. The second-order valence-electron chi connectivity index (χ2n) is 10.7. The summed E-state index contributed by atoms with van der Waals surface area (Å²) in [5.41, 5.74) is 1.91. The zero-order chi connectivity index (χ0) is 28.1. The molecule has 0 aliphatic heterocycles. The van der Waals surface area contributed by atoms with Crippen LogP contribution in [0.25, 0.3) is 0 Å². The van der Waals surface area contributed by atoms with Crippen molar-refractivity contribution >= 4 is 23.8 Å². The molecule has 3 atom stereocenters. The summed E-state index contributed by atoms with van der Waals surface area (Å²) in [6, 6.07) is 20.0. The van der Waals surface area contributed by atoms with Crippen molar-refractivity contribution in [2.24, 2.45) is 11.8 Å². The summed E-state index contributed by atoms with van der Waals surface area (Å²) in [5, 5.41) is 13.1. The number of rotatable bonds is 17. The van der Waals surface area contributed by atoms with Crippen molar-refractivity contribution < 1.29 is 14.3 Å².